The lowest BCUT2D eigenvalue weighted by Crippen LogP contribution is -2.47. The van der Waals surface area contributed by atoms with Crippen molar-refractivity contribution in [3.63, 3.8) is 0 Å². The van der Waals surface area contributed by atoms with Crippen LogP contribution in [-0.2, 0) is 4.79 Å². The van der Waals surface area contributed by atoms with E-state index in [-0.39, 0.29) is 23.4 Å². The lowest BCUT2D eigenvalue weighted by atomic mass is 10.1. The zero-order chi connectivity index (χ0) is 17.7. The molecule has 0 saturated heterocycles. The van der Waals surface area contributed by atoms with Crippen LogP contribution in [0.4, 0.5) is 11.4 Å². The molecule has 0 radical (unpaired) electrons. The third-order valence-corrected chi connectivity index (χ3v) is 4.03. The molecule has 1 heterocycles. The molecule has 0 saturated carbocycles. The average molecular weight is 345 g/mol. The lowest BCUT2D eigenvalue weighted by molar-refractivity contribution is -0.122. The third-order valence-electron chi connectivity index (χ3n) is 3.16. The summed E-state index contributed by atoms with van der Waals surface area (Å²) in [4.78, 5) is 24.7. The maximum atomic E-state index is 12.1. The number of amides is 2. The summed E-state index contributed by atoms with van der Waals surface area (Å²) in [6.45, 7) is 7.65. The first-order chi connectivity index (χ1) is 11.2. The Morgan fingerprint density at radius 1 is 1.04 bits per heavy atom. The molecule has 2 rings (SSSR count). The van der Waals surface area contributed by atoms with Crippen molar-refractivity contribution in [3.8, 4) is 0 Å². The van der Waals surface area contributed by atoms with E-state index in [0.29, 0.717) is 10.6 Å². The molecule has 2 amide bonds. The van der Waals surface area contributed by atoms with Gasteiger partial charge in [0.15, 0.2) is 0 Å². The van der Waals surface area contributed by atoms with Crippen molar-refractivity contribution in [2.45, 2.75) is 39.3 Å². The van der Waals surface area contributed by atoms with Crippen molar-refractivity contribution in [1.29, 1.82) is 0 Å². The third kappa shape index (κ3) is 5.38. The first-order valence-electron chi connectivity index (χ1n) is 7.78. The van der Waals surface area contributed by atoms with E-state index in [1.807, 2.05) is 63.4 Å². The van der Waals surface area contributed by atoms with Crippen LogP contribution in [-0.4, -0.2) is 23.4 Å². The lowest BCUT2D eigenvalue weighted by Gasteiger charge is -2.24. The summed E-state index contributed by atoms with van der Waals surface area (Å²) in [5.74, 6) is -0.179. The van der Waals surface area contributed by atoms with Gasteiger partial charge in [0.2, 0.25) is 5.91 Å². The van der Waals surface area contributed by atoms with Gasteiger partial charge in [0.05, 0.1) is 4.88 Å². The highest BCUT2D eigenvalue weighted by atomic mass is 32.1. The molecule has 0 aliphatic carbocycles. The Morgan fingerprint density at radius 3 is 2.21 bits per heavy atom. The SMILES string of the molecule is C[C@@H](Nc1ccc(NC(=O)c2cccs2)cc1)C(=O)NC(C)(C)C. The molecule has 0 aliphatic rings. The molecule has 128 valence electrons. The van der Waals surface area contributed by atoms with Gasteiger partial charge in [0, 0.05) is 16.9 Å². The highest BCUT2D eigenvalue weighted by Crippen LogP contribution is 2.17. The predicted molar refractivity (Wildman–Crippen MR) is 99.7 cm³/mol. The van der Waals surface area contributed by atoms with Gasteiger partial charge in [-0.3, -0.25) is 9.59 Å². The van der Waals surface area contributed by atoms with Gasteiger partial charge in [-0.05, 0) is 63.4 Å². The second kappa shape index (κ2) is 7.49. The van der Waals surface area contributed by atoms with E-state index in [1.165, 1.54) is 11.3 Å². The van der Waals surface area contributed by atoms with E-state index in [0.717, 1.165) is 5.69 Å². The second-order valence-electron chi connectivity index (χ2n) is 6.61. The number of rotatable bonds is 5. The number of hydrogen-bond donors (Lipinski definition) is 3. The van der Waals surface area contributed by atoms with Crippen molar-refractivity contribution < 1.29 is 9.59 Å². The summed E-state index contributed by atoms with van der Waals surface area (Å²) in [6.07, 6.45) is 0. The number of carbonyl (C=O) groups excluding carboxylic acids is 2. The van der Waals surface area contributed by atoms with E-state index in [9.17, 15) is 9.59 Å². The Balaban J connectivity index is 1.92. The summed E-state index contributed by atoms with van der Waals surface area (Å²) in [5, 5.41) is 10.8. The predicted octanol–water partition coefficient (Wildman–Crippen LogP) is 3.72. The zero-order valence-corrected chi connectivity index (χ0v) is 15.2. The fourth-order valence-corrected chi connectivity index (χ4v) is 2.66. The van der Waals surface area contributed by atoms with Crippen molar-refractivity contribution in [3.05, 3.63) is 46.7 Å². The largest absolute Gasteiger partial charge is 0.374 e. The van der Waals surface area contributed by atoms with Crippen LogP contribution in [0.2, 0.25) is 0 Å². The summed E-state index contributed by atoms with van der Waals surface area (Å²) < 4.78 is 0. The second-order valence-corrected chi connectivity index (χ2v) is 7.56. The van der Waals surface area contributed by atoms with Gasteiger partial charge in [-0.15, -0.1) is 11.3 Å². The molecular weight excluding hydrogens is 322 g/mol. The molecule has 1 aromatic carbocycles. The zero-order valence-electron chi connectivity index (χ0n) is 14.3. The van der Waals surface area contributed by atoms with Crippen LogP contribution in [0, 0.1) is 0 Å². The molecule has 3 N–H and O–H groups in total. The normalized spacial score (nSPS) is 12.3. The van der Waals surface area contributed by atoms with Gasteiger partial charge < -0.3 is 16.0 Å². The van der Waals surface area contributed by atoms with Gasteiger partial charge in [0.1, 0.15) is 6.04 Å². The minimum Gasteiger partial charge on any atom is -0.374 e. The van der Waals surface area contributed by atoms with Gasteiger partial charge in [-0.1, -0.05) is 6.07 Å². The highest BCUT2D eigenvalue weighted by molar-refractivity contribution is 7.12. The van der Waals surface area contributed by atoms with Gasteiger partial charge in [-0.25, -0.2) is 0 Å². The monoisotopic (exact) mass is 345 g/mol. The van der Waals surface area contributed by atoms with Crippen molar-refractivity contribution in [2.75, 3.05) is 10.6 Å². The molecule has 24 heavy (non-hydrogen) atoms. The maximum Gasteiger partial charge on any atom is 0.265 e. The van der Waals surface area contributed by atoms with E-state index >= 15 is 0 Å². The van der Waals surface area contributed by atoms with Crippen LogP contribution in [0.1, 0.15) is 37.4 Å². The molecule has 5 nitrogen and oxygen atoms in total. The maximum absolute atomic E-state index is 12.1. The average Bonchev–Trinajstić information content (AvgIpc) is 3.02. The van der Waals surface area contributed by atoms with E-state index in [2.05, 4.69) is 16.0 Å². The van der Waals surface area contributed by atoms with Crippen LogP contribution in [0.5, 0.6) is 0 Å². The van der Waals surface area contributed by atoms with Gasteiger partial charge in [0.25, 0.3) is 5.91 Å². The number of thiophene rings is 1. The van der Waals surface area contributed by atoms with Crippen LogP contribution in [0.15, 0.2) is 41.8 Å². The molecule has 0 aliphatic heterocycles. The molecule has 0 fully saturated rings. The van der Waals surface area contributed by atoms with Crippen LogP contribution in [0.3, 0.4) is 0 Å². The minimum atomic E-state index is -0.351. The molecule has 1 atom stereocenters. The Hall–Kier alpha value is -2.34. The topological polar surface area (TPSA) is 70.2 Å². The van der Waals surface area contributed by atoms with Gasteiger partial charge in [-0.2, -0.15) is 0 Å². The molecule has 1 aromatic heterocycles. The number of benzene rings is 1. The number of hydrogen-bond acceptors (Lipinski definition) is 4. The Kier molecular flexibility index (Phi) is 5.62. The Morgan fingerprint density at radius 2 is 1.67 bits per heavy atom. The van der Waals surface area contributed by atoms with Crippen LogP contribution in [0.25, 0.3) is 0 Å². The standard InChI is InChI=1S/C18H23N3O2S/c1-12(16(22)21-18(2,3)4)19-13-7-9-14(10-8-13)20-17(23)15-6-5-11-24-15/h5-12,19H,1-4H3,(H,20,23)(H,21,22)/t12-/m1/s1. The van der Waals surface area contributed by atoms with Crippen molar-refractivity contribution in [1.82, 2.24) is 5.32 Å². The molecule has 6 heteroatoms. The fraction of sp³-hybridized carbons (Fsp3) is 0.333. The highest BCUT2D eigenvalue weighted by Gasteiger charge is 2.19. The minimum absolute atomic E-state index is 0.0578. The molecule has 2 aromatic rings. The number of carbonyl (C=O) groups is 2. The number of anilines is 2. The summed E-state index contributed by atoms with van der Waals surface area (Å²) in [7, 11) is 0. The van der Waals surface area contributed by atoms with Crippen molar-refractivity contribution >= 4 is 34.5 Å². The van der Waals surface area contributed by atoms with E-state index in [1.54, 1.807) is 6.07 Å². The molecule has 0 unspecified atom stereocenters. The number of nitrogens with one attached hydrogen (secondary N) is 3. The van der Waals surface area contributed by atoms with Crippen LogP contribution < -0.4 is 16.0 Å². The quantitative estimate of drug-likeness (QED) is 0.773. The van der Waals surface area contributed by atoms with E-state index < -0.39 is 0 Å². The van der Waals surface area contributed by atoms with Crippen LogP contribution >= 0.6 is 11.3 Å². The first-order valence-corrected chi connectivity index (χ1v) is 8.66. The molecule has 0 spiro atoms. The van der Waals surface area contributed by atoms with Crippen molar-refractivity contribution in [2.24, 2.45) is 0 Å². The smallest absolute Gasteiger partial charge is 0.265 e. The fourth-order valence-electron chi connectivity index (χ4n) is 2.04. The Bertz CT molecular complexity index is 688. The van der Waals surface area contributed by atoms with Gasteiger partial charge >= 0.3 is 0 Å². The Labute approximate surface area is 146 Å². The molecular formula is C18H23N3O2S. The first kappa shape index (κ1) is 18.0. The summed E-state index contributed by atoms with van der Waals surface area (Å²) >= 11 is 1.40. The summed E-state index contributed by atoms with van der Waals surface area (Å²) in [6, 6.07) is 10.6. The van der Waals surface area contributed by atoms with E-state index in [4.69, 9.17) is 0 Å². The summed E-state index contributed by atoms with van der Waals surface area (Å²) in [5.41, 5.74) is 1.27. The molecule has 0 bridgehead atoms.